The topological polar surface area (TPSA) is 13.1 Å². The van der Waals surface area contributed by atoms with Gasteiger partial charge in [-0.3, -0.25) is 0 Å². The Morgan fingerprint density at radius 3 is 1.75 bits per heavy atom. The number of benzene rings is 9. The van der Waals surface area contributed by atoms with Gasteiger partial charge < -0.3 is 4.42 Å². The second-order valence-electron chi connectivity index (χ2n) is 15.2. The Hall–Kier alpha value is -6.22. The van der Waals surface area contributed by atoms with Crippen molar-refractivity contribution in [2.24, 2.45) is 0 Å². The molecule has 0 spiro atoms. The van der Waals surface area contributed by atoms with Crippen LogP contribution in [-0.4, -0.2) is 0 Å². The number of rotatable bonds is 2. The lowest BCUT2D eigenvalue weighted by Gasteiger charge is -2.23. The van der Waals surface area contributed by atoms with Crippen LogP contribution in [0, 0.1) is 0 Å². The summed E-state index contributed by atoms with van der Waals surface area (Å²) in [5.74, 6) is 0. The van der Waals surface area contributed by atoms with Crippen molar-refractivity contribution in [1.29, 1.82) is 0 Å². The maximum Gasteiger partial charge on any atom is 0.143 e. The largest absolute Gasteiger partial charge is 0.455 e. The summed E-state index contributed by atoms with van der Waals surface area (Å²) < 4.78 is 9.31. The fraction of sp³-hybridized carbons (Fsp3) is 0.0588. The molecule has 0 radical (unpaired) electrons. The van der Waals surface area contributed by atoms with Crippen molar-refractivity contribution in [3.63, 3.8) is 0 Å². The Kier molecular flexibility index (Phi) is 5.78. The number of fused-ring (bicyclic) bond motifs is 14. The van der Waals surface area contributed by atoms with Crippen LogP contribution in [0.25, 0.3) is 108 Å². The third-order valence-corrected chi connectivity index (χ3v) is 13.2. The van der Waals surface area contributed by atoms with E-state index in [0.29, 0.717) is 0 Å². The van der Waals surface area contributed by atoms with Crippen LogP contribution in [0.4, 0.5) is 0 Å². The highest BCUT2D eigenvalue weighted by atomic mass is 32.1. The van der Waals surface area contributed by atoms with Gasteiger partial charge in [-0.2, -0.15) is 0 Å². The van der Waals surface area contributed by atoms with Gasteiger partial charge in [0.2, 0.25) is 0 Å². The summed E-state index contributed by atoms with van der Waals surface area (Å²) in [4.78, 5) is 0. The van der Waals surface area contributed by atoms with E-state index in [-0.39, 0.29) is 5.41 Å². The molecule has 0 bridgehead atoms. The van der Waals surface area contributed by atoms with Crippen molar-refractivity contribution in [3.05, 3.63) is 169 Å². The smallest absolute Gasteiger partial charge is 0.143 e. The predicted octanol–water partition coefficient (Wildman–Crippen LogP) is 15.1. The van der Waals surface area contributed by atoms with Crippen molar-refractivity contribution in [2.45, 2.75) is 19.3 Å². The van der Waals surface area contributed by atoms with E-state index >= 15 is 0 Å². The van der Waals surface area contributed by atoms with E-state index in [0.717, 1.165) is 16.6 Å². The van der Waals surface area contributed by atoms with Crippen LogP contribution >= 0.6 is 11.3 Å². The first-order chi connectivity index (χ1) is 26.0. The van der Waals surface area contributed by atoms with Crippen LogP contribution in [0.1, 0.15) is 25.0 Å². The van der Waals surface area contributed by atoms with Crippen molar-refractivity contribution in [1.82, 2.24) is 0 Å². The van der Waals surface area contributed by atoms with Crippen LogP contribution in [0.2, 0.25) is 0 Å². The molecule has 0 atom stereocenters. The van der Waals surface area contributed by atoms with E-state index in [1.807, 2.05) is 11.3 Å². The maximum atomic E-state index is 6.65. The zero-order valence-electron chi connectivity index (χ0n) is 29.3. The van der Waals surface area contributed by atoms with Gasteiger partial charge in [-0.15, -0.1) is 11.3 Å². The molecule has 248 valence electrons. The van der Waals surface area contributed by atoms with Gasteiger partial charge in [0.05, 0.1) is 0 Å². The monoisotopic (exact) mass is 692 g/mol. The van der Waals surface area contributed by atoms with Crippen LogP contribution in [0.3, 0.4) is 0 Å². The van der Waals surface area contributed by atoms with E-state index in [1.165, 1.54) is 102 Å². The maximum absolute atomic E-state index is 6.65. The normalized spacial score (nSPS) is 13.6. The zero-order chi connectivity index (χ0) is 35.0. The van der Waals surface area contributed by atoms with Gasteiger partial charge in [-0.1, -0.05) is 141 Å². The fourth-order valence-corrected chi connectivity index (χ4v) is 10.8. The second-order valence-corrected chi connectivity index (χ2v) is 16.2. The average Bonchev–Trinajstić information content (AvgIpc) is 3.84. The first kappa shape index (κ1) is 29.4. The zero-order valence-corrected chi connectivity index (χ0v) is 30.1. The Balaban J connectivity index is 1.10. The average molecular weight is 693 g/mol. The van der Waals surface area contributed by atoms with Gasteiger partial charge in [-0.05, 0) is 102 Å². The Morgan fingerprint density at radius 1 is 0.434 bits per heavy atom. The number of hydrogen-bond donors (Lipinski definition) is 0. The van der Waals surface area contributed by atoms with E-state index in [1.54, 1.807) is 0 Å². The molecule has 0 saturated carbocycles. The molecule has 12 rings (SSSR count). The molecule has 2 aromatic heterocycles. The van der Waals surface area contributed by atoms with Gasteiger partial charge in [0.1, 0.15) is 11.2 Å². The third kappa shape index (κ3) is 3.91. The minimum atomic E-state index is -0.180. The molecular formula is C51H32OS. The molecule has 1 aliphatic rings. The van der Waals surface area contributed by atoms with E-state index in [2.05, 4.69) is 172 Å². The number of hydrogen-bond acceptors (Lipinski definition) is 2. The quantitative estimate of drug-likeness (QED) is 0.164. The number of thiophene rings is 1. The molecule has 0 N–H and O–H groups in total. The van der Waals surface area contributed by atoms with Crippen molar-refractivity contribution < 1.29 is 4.42 Å². The molecule has 0 aliphatic heterocycles. The lowest BCUT2D eigenvalue weighted by molar-refractivity contribution is 0.657. The van der Waals surface area contributed by atoms with Crippen molar-refractivity contribution in [2.75, 3.05) is 0 Å². The molecule has 0 fully saturated rings. The Morgan fingerprint density at radius 2 is 1.02 bits per heavy atom. The second kappa shape index (κ2) is 10.4. The summed E-state index contributed by atoms with van der Waals surface area (Å²) in [6, 6.07) is 58.6. The molecule has 53 heavy (non-hydrogen) atoms. The lowest BCUT2D eigenvalue weighted by atomic mass is 9.80. The Labute approximate surface area is 310 Å². The molecule has 1 nitrogen and oxygen atoms in total. The molecule has 2 heterocycles. The summed E-state index contributed by atoms with van der Waals surface area (Å²) in [6.07, 6.45) is 0. The van der Waals surface area contributed by atoms with E-state index in [4.69, 9.17) is 4.42 Å². The molecule has 1 aliphatic carbocycles. The molecule has 9 aromatic carbocycles. The summed E-state index contributed by atoms with van der Waals surface area (Å²) in [7, 11) is 0. The highest BCUT2D eigenvalue weighted by Crippen LogP contribution is 2.55. The van der Waals surface area contributed by atoms with Gasteiger partial charge in [-0.25, -0.2) is 0 Å². The highest BCUT2D eigenvalue weighted by molar-refractivity contribution is 7.25. The first-order valence-electron chi connectivity index (χ1n) is 18.4. The predicted molar refractivity (Wildman–Crippen MR) is 228 cm³/mol. The van der Waals surface area contributed by atoms with Crippen molar-refractivity contribution in [3.8, 4) is 33.4 Å². The molecule has 2 heteroatoms. The van der Waals surface area contributed by atoms with Crippen molar-refractivity contribution >= 4 is 85.8 Å². The standard InChI is InChI=1S/C51H32OS/c1-51(2)41-25-26-43-49(40-24-19-29-11-3-4-12-32(29)50(40)52-43)48(41)39-23-21-30(27-42(39)51)46-35-14-5-7-16-37(35)47(38-17-8-6-15-36(38)46)31-20-22-34-33-13-9-10-18-44(33)53-45(34)28-31/h3-28H,1-2H3. The SMILES string of the molecule is CC1(C)c2cc(-c3c4ccccc4c(-c4ccc5c(c4)sc4ccccc45)c4ccccc34)ccc2-c2c1ccc1oc3c4ccccc4ccc3c21. The molecule has 0 saturated heterocycles. The summed E-state index contributed by atoms with van der Waals surface area (Å²) in [6.45, 7) is 4.77. The van der Waals surface area contributed by atoms with Crippen LogP contribution in [0.15, 0.2) is 162 Å². The molecule has 0 amide bonds. The van der Waals surface area contributed by atoms with Crippen LogP contribution in [-0.2, 0) is 5.41 Å². The van der Waals surface area contributed by atoms with Gasteiger partial charge in [0.25, 0.3) is 0 Å². The molecule has 11 aromatic rings. The Bertz CT molecular complexity index is 3320. The van der Waals surface area contributed by atoms with Gasteiger partial charge in [0.15, 0.2) is 0 Å². The minimum absolute atomic E-state index is 0.180. The summed E-state index contributed by atoms with van der Waals surface area (Å²) in [5.41, 5.74) is 12.2. The third-order valence-electron chi connectivity index (χ3n) is 12.1. The summed E-state index contributed by atoms with van der Waals surface area (Å²) in [5, 5.41) is 12.6. The fourth-order valence-electron chi connectivity index (χ4n) is 9.61. The summed E-state index contributed by atoms with van der Waals surface area (Å²) >= 11 is 1.88. The lowest BCUT2D eigenvalue weighted by Crippen LogP contribution is -2.15. The molecular weight excluding hydrogens is 661 g/mol. The first-order valence-corrected chi connectivity index (χ1v) is 19.2. The molecule has 0 unspecified atom stereocenters. The van der Waals surface area contributed by atoms with E-state index < -0.39 is 0 Å². The van der Waals surface area contributed by atoms with E-state index in [9.17, 15) is 0 Å². The van der Waals surface area contributed by atoms with Crippen LogP contribution < -0.4 is 0 Å². The van der Waals surface area contributed by atoms with Gasteiger partial charge in [0, 0.05) is 41.7 Å². The number of furan rings is 1. The van der Waals surface area contributed by atoms with Crippen LogP contribution in [0.5, 0.6) is 0 Å². The van der Waals surface area contributed by atoms with Gasteiger partial charge >= 0.3 is 0 Å². The highest BCUT2D eigenvalue weighted by Gasteiger charge is 2.38. The minimum Gasteiger partial charge on any atom is -0.455 e.